The number of benzene rings is 2. The van der Waals surface area contributed by atoms with Crippen LogP contribution in [-0.4, -0.2) is 64.7 Å². The molecule has 2 heterocycles. The highest BCUT2D eigenvalue weighted by molar-refractivity contribution is 5.92. The normalized spacial score (nSPS) is 33.1. The van der Waals surface area contributed by atoms with E-state index in [1.54, 1.807) is 18.0 Å². The lowest BCUT2D eigenvalue weighted by Crippen LogP contribution is -2.78. The number of amides is 1. The molecule has 0 aromatic heterocycles. The summed E-state index contributed by atoms with van der Waals surface area (Å²) in [6.07, 6.45) is 3.24. The van der Waals surface area contributed by atoms with Gasteiger partial charge in [0.15, 0.2) is 0 Å². The van der Waals surface area contributed by atoms with E-state index in [0.717, 1.165) is 55.3 Å². The van der Waals surface area contributed by atoms with Crippen molar-refractivity contribution in [3.8, 4) is 5.75 Å². The largest absolute Gasteiger partial charge is 0.487 e. The number of likely N-dealkylation sites (tertiary alicyclic amines) is 1. The van der Waals surface area contributed by atoms with E-state index < -0.39 is 22.8 Å². The Hall–Kier alpha value is -2.84. The molecule has 5 aliphatic rings. The first-order valence-electron chi connectivity index (χ1n) is 14.0. The van der Waals surface area contributed by atoms with Crippen molar-refractivity contribution < 1.29 is 27.8 Å². The molecule has 3 fully saturated rings. The molecular formula is C31H33F3N2O3. The summed E-state index contributed by atoms with van der Waals surface area (Å²) < 4.78 is 46.0. The van der Waals surface area contributed by atoms with Gasteiger partial charge in [0.2, 0.25) is 5.91 Å². The van der Waals surface area contributed by atoms with Crippen LogP contribution in [-0.2, 0) is 22.8 Å². The Labute approximate surface area is 226 Å². The van der Waals surface area contributed by atoms with Crippen LogP contribution in [0.1, 0.15) is 54.4 Å². The molecule has 2 aliphatic heterocycles. The molecular weight excluding hydrogens is 505 g/mol. The molecule has 0 radical (unpaired) electrons. The highest BCUT2D eigenvalue weighted by Crippen LogP contribution is 2.64. The number of likely N-dealkylation sites (N-methyl/N-ethyl adjacent to an activating group) is 1. The standard InChI is InChI=1S/C31H33F3N2O3/c1-35(26(37)11-10-19-4-2-6-22(16-19)31(32,33)34)23-12-13-30(38)25-17-21-5-3-7-24-27(21)29(30,28(23)39-24)14-15-36(25)18-20-8-9-20/h2-7,10-11,16,20,23,25,28,38H,8-9,12-15,17-18H2,1H3/t23-,25+,28-,29-,30+/m0/s1. The molecule has 3 aliphatic carbocycles. The maximum Gasteiger partial charge on any atom is 0.416 e. The van der Waals surface area contributed by atoms with Crippen LogP contribution >= 0.6 is 0 Å². The number of hydrogen-bond acceptors (Lipinski definition) is 4. The molecule has 1 N–H and O–H groups in total. The van der Waals surface area contributed by atoms with Crippen molar-refractivity contribution in [1.82, 2.24) is 9.80 Å². The van der Waals surface area contributed by atoms with Gasteiger partial charge in [-0.05, 0) is 86.4 Å². The van der Waals surface area contributed by atoms with Crippen LogP contribution in [0.15, 0.2) is 48.5 Å². The third-order valence-corrected chi connectivity index (χ3v) is 10.1. The van der Waals surface area contributed by atoms with Crippen molar-refractivity contribution >= 4 is 12.0 Å². The van der Waals surface area contributed by atoms with Crippen LogP contribution in [0.4, 0.5) is 13.2 Å². The smallest absolute Gasteiger partial charge is 0.416 e. The second-order valence-corrected chi connectivity index (χ2v) is 12.1. The molecule has 7 rings (SSSR count). The number of hydrogen-bond donors (Lipinski definition) is 1. The Morgan fingerprint density at radius 2 is 1.97 bits per heavy atom. The van der Waals surface area contributed by atoms with Gasteiger partial charge in [-0.15, -0.1) is 0 Å². The van der Waals surface area contributed by atoms with E-state index in [-0.39, 0.29) is 24.1 Å². The third-order valence-electron chi connectivity index (χ3n) is 10.1. The summed E-state index contributed by atoms with van der Waals surface area (Å²) in [4.78, 5) is 17.5. The molecule has 2 saturated carbocycles. The molecule has 8 heteroatoms. The molecule has 1 spiro atoms. The average Bonchev–Trinajstić information content (AvgIpc) is 3.66. The van der Waals surface area contributed by atoms with Crippen LogP contribution in [0.25, 0.3) is 6.08 Å². The van der Waals surface area contributed by atoms with Crippen LogP contribution in [0.2, 0.25) is 0 Å². The lowest BCUT2D eigenvalue weighted by molar-refractivity contribution is -0.200. The predicted molar refractivity (Wildman–Crippen MR) is 140 cm³/mol. The first-order chi connectivity index (χ1) is 18.6. The third kappa shape index (κ3) is 3.70. The number of rotatable bonds is 5. The lowest BCUT2D eigenvalue weighted by Gasteiger charge is -2.64. The number of aliphatic hydroxyl groups is 1. The van der Waals surface area contributed by atoms with Crippen molar-refractivity contribution in [3.63, 3.8) is 0 Å². The van der Waals surface area contributed by atoms with Crippen molar-refractivity contribution in [2.45, 2.75) is 73.9 Å². The van der Waals surface area contributed by atoms with Crippen molar-refractivity contribution in [2.24, 2.45) is 5.92 Å². The molecule has 39 heavy (non-hydrogen) atoms. The van der Waals surface area contributed by atoms with E-state index in [1.807, 2.05) is 12.1 Å². The number of nitrogens with zero attached hydrogens (tertiary/aromatic N) is 2. The second kappa shape index (κ2) is 8.58. The molecule has 206 valence electrons. The molecule has 2 aromatic carbocycles. The number of ether oxygens (including phenoxy) is 1. The topological polar surface area (TPSA) is 53.0 Å². The Morgan fingerprint density at radius 3 is 2.74 bits per heavy atom. The number of halogens is 3. The van der Waals surface area contributed by atoms with Gasteiger partial charge in [0.1, 0.15) is 11.9 Å². The van der Waals surface area contributed by atoms with Gasteiger partial charge >= 0.3 is 6.18 Å². The number of carbonyl (C=O) groups excluding carboxylic acids is 1. The van der Waals surface area contributed by atoms with Crippen LogP contribution in [0.3, 0.4) is 0 Å². The van der Waals surface area contributed by atoms with Gasteiger partial charge in [-0.1, -0.05) is 24.3 Å². The minimum absolute atomic E-state index is 0.0292. The number of alkyl halides is 3. The van der Waals surface area contributed by atoms with Gasteiger partial charge in [0, 0.05) is 31.3 Å². The molecule has 5 nitrogen and oxygen atoms in total. The van der Waals surface area contributed by atoms with Gasteiger partial charge in [-0.3, -0.25) is 9.69 Å². The fourth-order valence-electron chi connectivity index (χ4n) is 8.09. The highest BCUT2D eigenvalue weighted by atomic mass is 19.4. The molecule has 1 saturated heterocycles. The van der Waals surface area contributed by atoms with E-state index in [4.69, 9.17) is 4.74 Å². The van der Waals surface area contributed by atoms with E-state index in [1.165, 1.54) is 36.6 Å². The van der Waals surface area contributed by atoms with Crippen molar-refractivity contribution in [3.05, 3.63) is 70.8 Å². The summed E-state index contributed by atoms with van der Waals surface area (Å²) in [5.74, 6) is 1.25. The van der Waals surface area contributed by atoms with E-state index in [0.29, 0.717) is 18.4 Å². The average molecular weight is 539 g/mol. The zero-order valence-corrected chi connectivity index (χ0v) is 22.0. The van der Waals surface area contributed by atoms with Gasteiger partial charge in [-0.2, -0.15) is 13.2 Å². The van der Waals surface area contributed by atoms with Gasteiger partial charge in [0.25, 0.3) is 0 Å². The summed E-state index contributed by atoms with van der Waals surface area (Å²) in [6.45, 7) is 1.93. The van der Waals surface area contributed by atoms with Gasteiger partial charge in [0.05, 0.1) is 22.6 Å². The summed E-state index contributed by atoms with van der Waals surface area (Å²) in [5.41, 5.74) is 0.427. The maximum atomic E-state index is 13.3. The fourth-order valence-corrected chi connectivity index (χ4v) is 8.09. The van der Waals surface area contributed by atoms with E-state index in [2.05, 4.69) is 11.0 Å². The molecule has 2 bridgehead atoms. The Morgan fingerprint density at radius 1 is 1.18 bits per heavy atom. The fraction of sp³-hybridized carbons (Fsp3) is 0.516. The zero-order chi connectivity index (χ0) is 27.2. The van der Waals surface area contributed by atoms with Crippen LogP contribution < -0.4 is 4.74 Å². The van der Waals surface area contributed by atoms with Gasteiger partial charge in [-0.25, -0.2) is 0 Å². The minimum Gasteiger partial charge on any atom is -0.487 e. The Balaban J connectivity index is 1.19. The maximum absolute atomic E-state index is 13.3. The van der Waals surface area contributed by atoms with E-state index >= 15 is 0 Å². The predicted octanol–water partition coefficient (Wildman–Crippen LogP) is 4.81. The summed E-state index contributed by atoms with van der Waals surface area (Å²) >= 11 is 0. The second-order valence-electron chi connectivity index (χ2n) is 12.1. The quantitative estimate of drug-likeness (QED) is 0.556. The Kier molecular flexibility index (Phi) is 5.53. The van der Waals surface area contributed by atoms with Crippen molar-refractivity contribution in [2.75, 3.05) is 20.1 Å². The van der Waals surface area contributed by atoms with Crippen LogP contribution in [0.5, 0.6) is 5.75 Å². The highest BCUT2D eigenvalue weighted by Gasteiger charge is 2.73. The molecule has 5 atom stereocenters. The van der Waals surface area contributed by atoms with E-state index in [9.17, 15) is 23.1 Å². The van der Waals surface area contributed by atoms with Crippen molar-refractivity contribution in [1.29, 1.82) is 0 Å². The number of carbonyl (C=O) groups is 1. The first-order valence-corrected chi connectivity index (χ1v) is 14.0. The lowest BCUT2D eigenvalue weighted by atomic mass is 9.48. The van der Waals surface area contributed by atoms with Gasteiger partial charge < -0.3 is 14.7 Å². The molecule has 2 aromatic rings. The van der Waals surface area contributed by atoms with Crippen LogP contribution in [0, 0.1) is 5.92 Å². The minimum atomic E-state index is -4.44. The summed E-state index contributed by atoms with van der Waals surface area (Å²) in [7, 11) is 1.74. The summed E-state index contributed by atoms with van der Waals surface area (Å²) in [5, 5.41) is 12.6. The Bertz CT molecular complexity index is 1350. The SMILES string of the molecule is CN(C(=O)C=Cc1cccc(C(F)(F)F)c1)[C@H]1CC[C@@]2(O)[C@H]3Cc4cccc5c4[C@@]2(CCN3CC2CC2)[C@H]1O5. The molecule has 1 amide bonds. The summed E-state index contributed by atoms with van der Waals surface area (Å²) in [6, 6.07) is 10.9. The monoisotopic (exact) mass is 538 g/mol. The molecule has 0 unspecified atom stereocenters. The first kappa shape index (κ1) is 25.1. The zero-order valence-electron chi connectivity index (χ0n) is 22.0. The number of piperidine rings is 1.